The molecule has 3 aliphatic heterocycles. The lowest BCUT2D eigenvalue weighted by Crippen LogP contribution is -2.53. The molecule has 2 atom stereocenters. The van der Waals surface area contributed by atoms with E-state index in [-0.39, 0.29) is 29.5 Å². The van der Waals surface area contributed by atoms with Gasteiger partial charge in [-0.1, -0.05) is 26.0 Å². The topological polar surface area (TPSA) is 50.8 Å². The first-order valence-corrected chi connectivity index (χ1v) is 12.5. The van der Waals surface area contributed by atoms with Gasteiger partial charge in [0.05, 0.1) is 12.1 Å². The Morgan fingerprint density at radius 1 is 1.15 bits per heavy atom. The molecule has 2 aromatic rings. The number of nitrogens with zero attached hydrogens (tertiary/aromatic N) is 1. The van der Waals surface area contributed by atoms with Crippen LogP contribution in [0.3, 0.4) is 0 Å². The molecule has 1 N–H and O–H groups in total. The average Bonchev–Trinajstić information content (AvgIpc) is 3.03. The molecule has 3 saturated heterocycles. The number of carbonyl (C=O) groups is 1. The quantitative estimate of drug-likeness (QED) is 0.612. The van der Waals surface area contributed by atoms with Crippen molar-refractivity contribution in [2.45, 2.75) is 65.2 Å². The fraction of sp³-hybridized carbons (Fsp3) is 0.536. The number of halogens is 1. The van der Waals surface area contributed by atoms with E-state index in [1.807, 2.05) is 44.2 Å². The normalized spacial score (nSPS) is 26.9. The number of fused-ring (bicyclic) bond motifs is 4. The number of carbonyl (C=O) groups excluding carboxylic acids is 1. The average molecular weight is 467 g/mol. The zero-order valence-electron chi connectivity index (χ0n) is 20.6. The predicted octanol–water partition coefficient (Wildman–Crippen LogP) is 5.72. The molecule has 1 aliphatic carbocycles. The van der Waals surface area contributed by atoms with Gasteiger partial charge >= 0.3 is 6.09 Å². The Morgan fingerprint density at radius 2 is 1.85 bits per heavy atom. The lowest BCUT2D eigenvalue weighted by Gasteiger charge is -2.44. The second-order valence-electron chi connectivity index (χ2n) is 11.0. The molecule has 5 nitrogen and oxygen atoms in total. The molecule has 0 radical (unpaired) electrons. The Bertz CT molecular complexity index is 1060. The largest absolute Gasteiger partial charge is 0.491 e. The van der Waals surface area contributed by atoms with Crippen LogP contribution in [0.25, 0.3) is 11.1 Å². The number of nitrogens with one attached hydrogen (secondary N) is 1. The fourth-order valence-corrected chi connectivity index (χ4v) is 5.88. The van der Waals surface area contributed by atoms with Crippen molar-refractivity contribution in [3.8, 4) is 16.9 Å². The predicted molar refractivity (Wildman–Crippen MR) is 130 cm³/mol. The third kappa shape index (κ3) is 4.52. The van der Waals surface area contributed by atoms with Crippen LogP contribution in [0.1, 0.15) is 57.7 Å². The van der Waals surface area contributed by atoms with Gasteiger partial charge in [0.15, 0.2) is 0 Å². The van der Waals surface area contributed by atoms with Gasteiger partial charge in [0.2, 0.25) is 0 Å². The van der Waals surface area contributed by atoms with E-state index in [0.717, 1.165) is 61.3 Å². The van der Waals surface area contributed by atoms with Gasteiger partial charge in [0.25, 0.3) is 0 Å². The molecule has 0 spiro atoms. The molecular weight excluding hydrogens is 431 g/mol. The van der Waals surface area contributed by atoms with Crippen LogP contribution in [0.4, 0.5) is 9.18 Å². The number of hydrogen-bond donors (Lipinski definition) is 1. The van der Waals surface area contributed by atoms with Crippen LogP contribution in [0.2, 0.25) is 0 Å². The molecule has 6 heteroatoms. The first-order chi connectivity index (χ1) is 16.2. The zero-order chi connectivity index (χ0) is 24.0. The maximum Gasteiger partial charge on any atom is 0.407 e. The second-order valence-corrected chi connectivity index (χ2v) is 11.0. The molecule has 0 saturated carbocycles. The summed E-state index contributed by atoms with van der Waals surface area (Å²) in [6.45, 7) is 11.2. The van der Waals surface area contributed by atoms with Crippen LogP contribution in [-0.2, 0) is 11.2 Å². The van der Waals surface area contributed by atoms with E-state index in [1.165, 1.54) is 0 Å². The Balaban J connectivity index is 1.33. The molecule has 0 aromatic heterocycles. The van der Waals surface area contributed by atoms with Gasteiger partial charge in [-0.3, -0.25) is 4.90 Å². The molecule has 3 heterocycles. The van der Waals surface area contributed by atoms with Gasteiger partial charge in [-0.2, -0.15) is 0 Å². The van der Waals surface area contributed by atoms with E-state index < -0.39 is 6.09 Å². The zero-order valence-corrected chi connectivity index (χ0v) is 20.6. The summed E-state index contributed by atoms with van der Waals surface area (Å²) in [6, 6.07) is 10.8. The number of amides is 1. The molecule has 4 aliphatic rings. The highest BCUT2D eigenvalue weighted by atomic mass is 19.1. The molecule has 6 rings (SSSR count). The SMILES string of the molecule is CC(C)Oc1ccc(-c2cc3c(cc2F)C(NC(=O)O[C@H]2CN4CCC2CC4)C(C)(C)C3)cc1. The highest BCUT2D eigenvalue weighted by molar-refractivity contribution is 5.70. The standard InChI is InChI=1S/C28H35FN2O3/c1-17(2)33-21-7-5-18(6-8-21)22-13-20-15-28(3,4)26(23(20)14-24(22)29)30-27(32)34-25-16-31-11-9-19(25)10-12-31/h5-8,13-14,17,19,25-26H,9-12,15-16H2,1-4H3,(H,30,32)/t25-,26?/m0/s1. The summed E-state index contributed by atoms with van der Waals surface area (Å²) in [4.78, 5) is 15.2. The van der Waals surface area contributed by atoms with Gasteiger partial charge < -0.3 is 14.8 Å². The highest BCUT2D eigenvalue weighted by Crippen LogP contribution is 2.47. The second kappa shape index (κ2) is 8.88. The number of ether oxygens (including phenoxy) is 2. The summed E-state index contributed by atoms with van der Waals surface area (Å²) >= 11 is 0. The van der Waals surface area contributed by atoms with Gasteiger partial charge in [0.1, 0.15) is 17.7 Å². The van der Waals surface area contributed by atoms with Gasteiger partial charge in [0, 0.05) is 12.1 Å². The lowest BCUT2D eigenvalue weighted by atomic mass is 9.85. The van der Waals surface area contributed by atoms with E-state index in [0.29, 0.717) is 11.5 Å². The number of rotatable bonds is 5. The number of benzene rings is 2. The van der Waals surface area contributed by atoms with Gasteiger partial charge in [-0.05, 0) is 98.5 Å². The van der Waals surface area contributed by atoms with Crippen LogP contribution in [0, 0.1) is 17.2 Å². The summed E-state index contributed by atoms with van der Waals surface area (Å²) < 4.78 is 26.9. The minimum absolute atomic E-state index is 0.0479. The van der Waals surface area contributed by atoms with Crippen molar-refractivity contribution in [3.63, 3.8) is 0 Å². The lowest BCUT2D eigenvalue weighted by molar-refractivity contribution is -0.0349. The van der Waals surface area contributed by atoms with E-state index >= 15 is 4.39 Å². The fourth-order valence-electron chi connectivity index (χ4n) is 5.88. The van der Waals surface area contributed by atoms with Gasteiger partial charge in [-0.15, -0.1) is 0 Å². The molecule has 2 bridgehead atoms. The molecule has 182 valence electrons. The van der Waals surface area contributed by atoms with Crippen molar-refractivity contribution >= 4 is 6.09 Å². The molecule has 1 unspecified atom stereocenters. The van der Waals surface area contributed by atoms with E-state index in [1.54, 1.807) is 6.07 Å². The first kappa shape index (κ1) is 23.2. The van der Waals surface area contributed by atoms with E-state index in [9.17, 15) is 4.79 Å². The minimum Gasteiger partial charge on any atom is -0.491 e. The van der Waals surface area contributed by atoms with Crippen molar-refractivity contribution < 1.29 is 18.7 Å². The third-order valence-electron chi connectivity index (χ3n) is 7.62. The van der Waals surface area contributed by atoms with Crippen LogP contribution in [-0.4, -0.2) is 42.8 Å². The molecule has 2 aromatic carbocycles. The van der Waals surface area contributed by atoms with Crippen LogP contribution < -0.4 is 10.1 Å². The van der Waals surface area contributed by atoms with Crippen molar-refractivity contribution in [2.24, 2.45) is 11.3 Å². The Kier molecular flexibility index (Phi) is 6.05. The summed E-state index contributed by atoms with van der Waals surface area (Å²) in [5.41, 5.74) is 3.05. The van der Waals surface area contributed by atoms with Crippen LogP contribution in [0.5, 0.6) is 5.75 Å². The third-order valence-corrected chi connectivity index (χ3v) is 7.62. The van der Waals surface area contributed by atoms with Crippen molar-refractivity contribution in [1.29, 1.82) is 0 Å². The monoisotopic (exact) mass is 466 g/mol. The Morgan fingerprint density at radius 3 is 2.47 bits per heavy atom. The molecule has 34 heavy (non-hydrogen) atoms. The van der Waals surface area contributed by atoms with E-state index in [2.05, 4.69) is 24.1 Å². The number of hydrogen-bond acceptors (Lipinski definition) is 4. The Hall–Kier alpha value is -2.60. The minimum atomic E-state index is -0.394. The summed E-state index contributed by atoms with van der Waals surface area (Å²) in [7, 11) is 0. The van der Waals surface area contributed by atoms with Crippen molar-refractivity contribution in [2.75, 3.05) is 19.6 Å². The van der Waals surface area contributed by atoms with E-state index in [4.69, 9.17) is 9.47 Å². The smallest absolute Gasteiger partial charge is 0.407 e. The maximum atomic E-state index is 15.3. The molecule has 3 fully saturated rings. The highest BCUT2D eigenvalue weighted by Gasteiger charge is 2.42. The molecule has 1 amide bonds. The number of alkyl carbamates (subject to hydrolysis) is 1. The summed E-state index contributed by atoms with van der Waals surface area (Å²) in [6.07, 6.45) is 2.59. The van der Waals surface area contributed by atoms with Crippen molar-refractivity contribution in [3.05, 3.63) is 53.3 Å². The first-order valence-electron chi connectivity index (χ1n) is 12.5. The van der Waals surface area contributed by atoms with Crippen LogP contribution in [0.15, 0.2) is 36.4 Å². The maximum absolute atomic E-state index is 15.3. The summed E-state index contributed by atoms with van der Waals surface area (Å²) in [5, 5.41) is 3.08. The summed E-state index contributed by atoms with van der Waals surface area (Å²) in [5.74, 6) is 0.940. The van der Waals surface area contributed by atoms with Crippen molar-refractivity contribution in [1.82, 2.24) is 10.2 Å². The Labute approximate surface area is 201 Å². The van der Waals surface area contributed by atoms with Gasteiger partial charge in [-0.25, -0.2) is 9.18 Å². The molecular formula is C28H35FN2O3. The van der Waals surface area contributed by atoms with Crippen LogP contribution >= 0.6 is 0 Å². The number of piperidine rings is 3.